The lowest BCUT2D eigenvalue weighted by molar-refractivity contribution is 0.815. The van der Waals surface area contributed by atoms with E-state index in [1.54, 1.807) is 12.4 Å². The molecule has 3 rings (SSSR count). The Bertz CT molecular complexity index is 572. The van der Waals surface area contributed by atoms with Crippen LogP contribution in [0.5, 0.6) is 0 Å². The summed E-state index contributed by atoms with van der Waals surface area (Å²) in [4.78, 5) is 8.78. The maximum absolute atomic E-state index is 4.39. The highest BCUT2D eigenvalue weighted by atomic mass is 15.1. The van der Waals surface area contributed by atoms with Gasteiger partial charge in [-0.2, -0.15) is 0 Å². The molecule has 0 radical (unpaired) electrons. The lowest BCUT2D eigenvalue weighted by Gasteiger charge is -2.00. The van der Waals surface area contributed by atoms with Crippen LogP contribution in [0.1, 0.15) is 6.92 Å². The Morgan fingerprint density at radius 3 is 2.80 bits per heavy atom. The number of para-hydroxylation sites is 1. The van der Waals surface area contributed by atoms with E-state index in [9.17, 15) is 0 Å². The van der Waals surface area contributed by atoms with E-state index < -0.39 is 0 Å². The van der Waals surface area contributed by atoms with Crippen molar-refractivity contribution < 1.29 is 0 Å². The summed E-state index contributed by atoms with van der Waals surface area (Å²) in [6.45, 7) is 3.04. The van der Waals surface area contributed by atoms with Crippen molar-refractivity contribution in [1.29, 1.82) is 0 Å². The standard InChI is InChI=1S/C12H11N3/c1-2-15-10-6-4-3-5-9(10)11-12(15)14-8-7-13-11/h3-8H,2H2,1H3. The molecule has 3 heteroatoms. The van der Waals surface area contributed by atoms with E-state index >= 15 is 0 Å². The molecule has 1 aromatic carbocycles. The molecule has 0 saturated heterocycles. The second-order valence-electron chi connectivity index (χ2n) is 3.49. The first-order chi connectivity index (χ1) is 7.42. The average molecular weight is 197 g/mol. The highest BCUT2D eigenvalue weighted by molar-refractivity contribution is 6.04. The molecule has 0 N–H and O–H groups in total. The lowest BCUT2D eigenvalue weighted by Crippen LogP contribution is -1.94. The maximum Gasteiger partial charge on any atom is 0.159 e. The van der Waals surface area contributed by atoms with Crippen molar-refractivity contribution in [2.24, 2.45) is 0 Å². The molecular weight excluding hydrogens is 186 g/mol. The van der Waals surface area contributed by atoms with E-state index in [2.05, 4.69) is 33.6 Å². The van der Waals surface area contributed by atoms with Crippen molar-refractivity contribution in [2.75, 3.05) is 0 Å². The number of hydrogen-bond acceptors (Lipinski definition) is 2. The normalized spacial score (nSPS) is 11.3. The molecule has 0 unspecified atom stereocenters. The molecule has 0 atom stereocenters. The minimum atomic E-state index is 0.919. The van der Waals surface area contributed by atoms with Gasteiger partial charge in [-0.05, 0) is 13.0 Å². The quantitative estimate of drug-likeness (QED) is 0.600. The molecular formula is C12H11N3. The zero-order valence-electron chi connectivity index (χ0n) is 8.51. The van der Waals surface area contributed by atoms with Crippen molar-refractivity contribution in [3.63, 3.8) is 0 Å². The molecule has 0 aliphatic heterocycles. The number of hydrogen-bond donors (Lipinski definition) is 0. The molecule has 3 aromatic rings. The number of rotatable bonds is 1. The minimum Gasteiger partial charge on any atom is -0.324 e. The first-order valence-corrected chi connectivity index (χ1v) is 5.09. The molecule has 0 aliphatic carbocycles. The Hall–Kier alpha value is -1.90. The first kappa shape index (κ1) is 8.41. The Kier molecular flexibility index (Phi) is 1.71. The molecule has 0 saturated carbocycles. The van der Waals surface area contributed by atoms with Gasteiger partial charge in [-0.3, -0.25) is 4.98 Å². The summed E-state index contributed by atoms with van der Waals surface area (Å²) >= 11 is 0. The van der Waals surface area contributed by atoms with Gasteiger partial charge in [0.05, 0.1) is 5.52 Å². The molecule has 0 bridgehead atoms. The van der Waals surface area contributed by atoms with Crippen molar-refractivity contribution in [1.82, 2.24) is 14.5 Å². The topological polar surface area (TPSA) is 30.7 Å². The number of fused-ring (bicyclic) bond motifs is 3. The fraction of sp³-hybridized carbons (Fsp3) is 0.167. The zero-order chi connectivity index (χ0) is 10.3. The molecule has 0 amide bonds. The lowest BCUT2D eigenvalue weighted by atomic mass is 10.2. The van der Waals surface area contributed by atoms with Gasteiger partial charge in [0.25, 0.3) is 0 Å². The third-order valence-corrected chi connectivity index (χ3v) is 2.70. The Morgan fingerprint density at radius 1 is 1.13 bits per heavy atom. The maximum atomic E-state index is 4.39. The molecule has 2 aromatic heterocycles. The largest absolute Gasteiger partial charge is 0.324 e. The van der Waals surface area contributed by atoms with Gasteiger partial charge in [-0.25, -0.2) is 4.98 Å². The van der Waals surface area contributed by atoms with E-state index in [-0.39, 0.29) is 0 Å². The second-order valence-corrected chi connectivity index (χ2v) is 3.49. The van der Waals surface area contributed by atoms with Crippen molar-refractivity contribution in [3.05, 3.63) is 36.7 Å². The molecule has 0 fully saturated rings. The van der Waals surface area contributed by atoms with Crippen LogP contribution in [0.4, 0.5) is 0 Å². The minimum absolute atomic E-state index is 0.919. The van der Waals surface area contributed by atoms with Crippen molar-refractivity contribution >= 4 is 22.1 Å². The van der Waals surface area contributed by atoms with Gasteiger partial charge in [-0.15, -0.1) is 0 Å². The van der Waals surface area contributed by atoms with Gasteiger partial charge in [0.15, 0.2) is 5.65 Å². The zero-order valence-corrected chi connectivity index (χ0v) is 8.51. The van der Waals surface area contributed by atoms with Gasteiger partial charge >= 0.3 is 0 Å². The number of benzene rings is 1. The predicted octanol–water partition coefficient (Wildman–Crippen LogP) is 2.60. The molecule has 15 heavy (non-hydrogen) atoms. The second kappa shape index (κ2) is 3.05. The van der Waals surface area contributed by atoms with Crippen LogP contribution in [0.3, 0.4) is 0 Å². The summed E-state index contributed by atoms with van der Waals surface area (Å²) in [5.41, 5.74) is 3.18. The summed E-state index contributed by atoms with van der Waals surface area (Å²) < 4.78 is 2.19. The summed E-state index contributed by atoms with van der Waals surface area (Å²) in [6, 6.07) is 8.30. The average Bonchev–Trinajstić information content (AvgIpc) is 2.63. The third kappa shape index (κ3) is 1.06. The van der Waals surface area contributed by atoms with Gasteiger partial charge in [0, 0.05) is 24.3 Å². The van der Waals surface area contributed by atoms with Gasteiger partial charge in [0.2, 0.25) is 0 Å². The van der Waals surface area contributed by atoms with Crippen LogP contribution in [-0.2, 0) is 6.54 Å². The Labute approximate surface area is 87.4 Å². The van der Waals surface area contributed by atoms with Crippen LogP contribution in [0.15, 0.2) is 36.7 Å². The van der Waals surface area contributed by atoms with Crippen molar-refractivity contribution in [2.45, 2.75) is 13.5 Å². The smallest absolute Gasteiger partial charge is 0.159 e. The molecule has 3 nitrogen and oxygen atoms in total. The van der Waals surface area contributed by atoms with Crippen LogP contribution >= 0.6 is 0 Å². The fourth-order valence-electron chi connectivity index (χ4n) is 2.06. The molecule has 2 heterocycles. The van der Waals surface area contributed by atoms with Crippen LogP contribution in [0.25, 0.3) is 22.1 Å². The Balaban J connectivity index is 2.62. The number of aryl methyl sites for hydroxylation is 1. The first-order valence-electron chi connectivity index (χ1n) is 5.09. The molecule has 74 valence electrons. The Morgan fingerprint density at radius 2 is 1.93 bits per heavy atom. The SMILES string of the molecule is CCn1c2ccccc2c2nccnc21. The van der Waals surface area contributed by atoms with Crippen LogP contribution < -0.4 is 0 Å². The number of aromatic nitrogens is 3. The number of nitrogens with zero attached hydrogens (tertiary/aromatic N) is 3. The van der Waals surface area contributed by atoms with Crippen LogP contribution in [0.2, 0.25) is 0 Å². The third-order valence-electron chi connectivity index (χ3n) is 2.70. The van der Waals surface area contributed by atoms with Gasteiger partial charge in [0.1, 0.15) is 5.52 Å². The summed E-state index contributed by atoms with van der Waals surface area (Å²) in [6.07, 6.45) is 3.49. The van der Waals surface area contributed by atoms with E-state index in [1.807, 2.05) is 12.1 Å². The van der Waals surface area contributed by atoms with Crippen LogP contribution in [-0.4, -0.2) is 14.5 Å². The monoisotopic (exact) mass is 197 g/mol. The molecule has 0 aliphatic rings. The summed E-state index contributed by atoms with van der Waals surface area (Å²) in [5.74, 6) is 0. The van der Waals surface area contributed by atoms with E-state index in [0.29, 0.717) is 0 Å². The van der Waals surface area contributed by atoms with Crippen LogP contribution in [0, 0.1) is 0 Å². The predicted molar refractivity (Wildman–Crippen MR) is 60.7 cm³/mol. The van der Waals surface area contributed by atoms with E-state index in [4.69, 9.17) is 0 Å². The molecule has 0 spiro atoms. The fourth-order valence-corrected chi connectivity index (χ4v) is 2.06. The van der Waals surface area contributed by atoms with E-state index in [0.717, 1.165) is 17.7 Å². The summed E-state index contributed by atoms with van der Waals surface area (Å²) in [5, 5.41) is 1.18. The van der Waals surface area contributed by atoms with Gasteiger partial charge in [-0.1, -0.05) is 18.2 Å². The van der Waals surface area contributed by atoms with Gasteiger partial charge < -0.3 is 4.57 Å². The van der Waals surface area contributed by atoms with E-state index in [1.165, 1.54) is 10.9 Å². The highest BCUT2D eigenvalue weighted by Crippen LogP contribution is 2.25. The highest BCUT2D eigenvalue weighted by Gasteiger charge is 2.09. The van der Waals surface area contributed by atoms with Crippen molar-refractivity contribution in [3.8, 4) is 0 Å². The summed E-state index contributed by atoms with van der Waals surface area (Å²) in [7, 11) is 0.